The van der Waals surface area contributed by atoms with Gasteiger partial charge >= 0.3 is 0 Å². The minimum absolute atomic E-state index is 0.0844. The van der Waals surface area contributed by atoms with E-state index in [0.717, 1.165) is 5.56 Å². The normalized spacial score (nSPS) is 11.1. The third kappa shape index (κ3) is 3.33. The first-order chi connectivity index (χ1) is 10.3. The van der Waals surface area contributed by atoms with E-state index in [0.29, 0.717) is 5.56 Å². The lowest BCUT2D eigenvalue weighted by atomic mass is 10.0. The van der Waals surface area contributed by atoms with Crippen LogP contribution in [0.1, 0.15) is 13.8 Å². The second-order valence-electron chi connectivity index (χ2n) is 5.43. The summed E-state index contributed by atoms with van der Waals surface area (Å²) in [6, 6.07) is 7.41. The number of carbonyl (C=O) groups excluding carboxylic acids is 1. The third-order valence-electron chi connectivity index (χ3n) is 3.27. The van der Waals surface area contributed by atoms with Gasteiger partial charge in [-0.25, -0.2) is 9.37 Å². The fraction of sp³-hybridized carbons (Fsp3) is 0.250. The second-order valence-corrected chi connectivity index (χ2v) is 5.43. The maximum absolute atomic E-state index is 12.9. The Morgan fingerprint density at radius 3 is 2.41 bits per heavy atom. The van der Waals surface area contributed by atoms with E-state index < -0.39 is 5.54 Å². The van der Waals surface area contributed by atoms with E-state index in [-0.39, 0.29) is 23.3 Å². The fourth-order valence-corrected chi connectivity index (χ4v) is 2.01. The van der Waals surface area contributed by atoms with Crippen LogP contribution in [-0.4, -0.2) is 28.6 Å². The van der Waals surface area contributed by atoms with Crippen LogP contribution in [0, 0.1) is 5.82 Å². The number of halogens is 1. The van der Waals surface area contributed by atoms with Crippen LogP contribution in [0.5, 0.6) is 5.75 Å². The number of nitrogens with one attached hydrogen (secondary N) is 2. The number of hydrogen-bond donors (Lipinski definition) is 3. The number of aromatic hydroxyl groups is 1. The number of benzene rings is 1. The van der Waals surface area contributed by atoms with Crippen molar-refractivity contribution < 1.29 is 14.3 Å². The first-order valence-electron chi connectivity index (χ1n) is 6.79. The number of carbonyl (C=O) groups is 1. The number of anilines is 1. The molecule has 22 heavy (non-hydrogen) atoms. The van der Waals surface area contributed by atoms with Gasteiger partial charge in [0.05, 0.1) is 0 Å². The SMILES string of the molecule is CNC(=O)C(C)(C)Nc1ncc(-c2ccc(F)cc2)cc1O. The highest BCUT2D eigenvalue weighted by atomic mass is 19.1. The summed E-state index contributed by atoms with van der Waals surface area (Å²) in [6.45, 7) is 3.36. The van der Waals surface area contributed by atoms with Crippen LogP contribution >= 0.6 is 0 Å². The van der Waals surface area contributed by atoms with Gasteiger partial charge in [0.2, 0.25) is 5.91 Å². The largest absolute Gasteiger partial charge is 0.504 e. The second kappa shape index (κ2) is 6.01. The molecule has 0 atom stereocenters. The van der Waals surface area contributed by atoms with E-state index in [1.165, 1.54) is 25.2 Å². The van der Waals surface area contributed by atoms with E-state index in [2.05, 4.69) is 15.6 Å². The maximum Gasteiger partial charge on any atom is 0.244 e. The molecule has 2 aromatic rings. The smallest absolute Gasteiger partial charge is 0.244 e. The Labute approximate surface area is 128 Å². The first kappa shape index (κ1) is 15.8. The lowest BCUT2D eigenvalue weighted by Crippen LogP contribution is -2.46. The predicted octanol–water partition coefficient (Wildman–Crippen LogP) is 2.53. The Morgan fingerprint density at radius 1 is 1.23 bits per heavy atom. The molecule has 3 N–H and O–H groups in total. The summed E-state index contributed by atoms with van der Waals surface area (Å²) in [5.41, 5.74) is 0.471. The number of pyridine rings is 1. The standard InChI is InChI=1S/C16H18FN3O2/c1-16(2,15(22)18-3)20-14-13(21)8-11(9-19-14)10-4-6-12(17)7-5-10/h4-9,21H,1-3H3,(H,18,22)(H,19,20). The Bertz CT molecular complexity index is 684. The van der Waals surface area contributed by atoms with Gasteiger partial charge in [-0.15, -0.1) is 0 Å². The molecule has 1 amide bonds. The van der Waals surface area contributed by atoms with E-state index in [1.54, 1.807) is 32.2 Å². The fourth-order valence-electron chi connectivity index (χ4n) is 2.01. The van der Waals surface area contributed by atoms with E-state index in [1.807, 2.05) is 0 Å². The lowest BCUT2D eigenvalue weighted by molar-refractivity contribution is -0.124. The predicted molar refractivity (Wildman–Crippen MR) is 83.1 cm³/mol. The molecule has 0 bridgehead atoms. The molecule has 0 aliphatic carbocycles. The number of likely N-dealkylation sites (N-methyl/N-ethyl adjacent to an activating group) is 1. The monoisotopic (exact) mass is 303 g/mol. The molecule has 1 aromatic heterocycles. The molecular weight excluding hydrogens is 285 g/mol. The highest BCUT2D eigenvalue weighted by Crippen LogP contribution is 2.29. The number of amides is 1. The van der Waals surface area contributed by atoms with Crippen LogP contribution in [0.3, 0.4) is 0 Å². The molecule has 0 fully saturated rings. The van der Waals surface area contributed by atoms with Gasteiger partial charge in [0.15, 0.2) is 11.6 Å². The summed E-state index contributed by atoms with van der Waals surface area (Å²) in [6.07, 6.45) is 1.55. The molecule has 0 aliphatic rings. The zero-order chi connectivity index (χ0) is 16.3. The summed E-state index contributed by atoms with van der Waals surface area (Å²) in [4.78, 5) is 15.9. The maximum atomic E-state index is 12.9. The van der Waals surface area contributed by atoms with Gasteiger partial charge in [0.25, 0.3) is 0 Å². The van der Waals surface area contributed by atoms with Crippen LogP contribution in [-0.2, 0) is 4.79 Å². The number of rotatable bonds is 4. The van der Waals surface area contributed by atoms with Gasteiger partial charge in [-0.1, -0.05) is 12.1 Å². The summed E-state index contributed by atoms with van der Waals surface area (Å²) in [5, 5.41) is 15.5. The van der Waals surface area contributed by atoms with Crippen molar-refractivity contribution in [2.45, 2.75) is 19.4 Å². The summed E-state index contributed by atoms with van der Waals surface area (Å²) >= 11 is 0. The van der Waals surface area contributed by atoms with Crippen molar-refractivity contribution in [3.8, 4) is 16.9 Å². The topological polar surface area (TPSA) is 74.2 Å². The molecule has 116 valence electrons. The highest BCUT2D eigenvalue weighted by molar-refractivity contribution is 5.88. The van der Waals surface area contributed by atoms with E-state index in [9.17, 15) is 14.3 Å². The van der Waals surface area contributed by atoms with Crippen molar-refractivity contribution in [1.82, 2.24) is 10.3 Å². The van der Waals surface area contributed by atoms with Crippen molar-refractivity contribution >= 4 is 11.7 Å². The Kier molecular flexibility index (Phi) is 4.30. The van der Waals surface area contributed by atoms with Gasteiger partial charge < -0.3 is 15.7 Å². The van der Waals surface area contributed by atoms with Crippen molar-refractivity contribution in [2.75, 3.05) is 12.4 Å². The Morgan fingerprint density at radius 2 is 1.86 bits per heavy atom. The molecule has 0 unspecified atom stereocenters. The summed E-state index contributed by atoms with van der Waals surface area (Å²) in [7, 11) is 1.54. The molecule has 6 heteroatoms. The summed E-state index contributed by atoms with van der Waals surface area (Å²) in [5.74, 6) is -0.430. The van der Waals surface area contributed by atoms with Crippen molar-refractivity contribution in [3.05, 3.63) is 42.3 Å². The van der Waals surface area contributed by atoms with Gasteiger partial charge in [-0.05, 0) is 37.6 Å². The van der Waals surface area contributed by atoms with Crippen LogP contribution in [0.15, 0.2) is 36.5 Å². The van der Waals surface area contributed by atoms with Crippen LogP contribution < -0.4 is 10.6 Å². The molecule has 1 aromatic carbocycles. The zero-order valence-electron chi connectivity index (χ0n) is 12.6. The molecule has 0 saturated carbocycles. The quantitative estimate of drug-likeness (QED) is 0.811. The van der Waals surface area contributed by atoms with Crippen molar-refractivity contribution in [3.63, 3.8) is 0 Å². The molecule has 0 saturated heterocycles. The van der Waals surface area contributed by atoms with Gasteiger partial charge in [-0.2, -0.15) is 0 Å². The number of hydrogen-bond acceptors (Lipinski definition) is 4. The lowest BCUT2D eigenvalue weighted by Gasteiger charge is -2.25. The third-order valence-corrected chi connectivity index (χ3v) is 3.27. The number of nitrogens with zero attached hydrogens (tertiary/aromatic N) is 1. The Hall–Kier alpha value is -2.63. The molecule has 5 nitrogen and oxygen atoms in total. The molecule has 0 aliphatic heterocycles. The molecular formula is C16H18FN3O2. The van der Waals surface area contributed by atoms with E-state index >= 15 is 0 Å². The van der Waals surface area contributed by atoms with Crippen molar-refractivity contribution in [2.24, 2.45) is 0 Å². The molecule has 0 spiro atoms. The first-order valence-corrected chi connectivity index (χ1v) is 6.79. The van der Waals surface area contributed by atoms with E-state index in [4.69, 9.17) is 0 Å². The average molecular weight is 303 g/mol. The Balaban J connectivity index is 2.27. The zero-order valence-corrected chi connectivity index (χ0v) is 12.6. The van der Waals surface area contributed by atoms with Gasteiger partial charge in [-0.3, -0.25) is 4.79 Å². The minimum Gasteiger partial charge on any atom is -0.504 e. The van der Waals surface area contributed by atoms with Gasteiger partial charge in [0, 0.05) is 18.8 Å². The molecule has 0 radical (unpaired) electrons. The highest BCUT2D eigenvalue weighted by Gasteiger charge is 2.27. The van der Waals surface area contributed by atoms with Crippen LogP contribution in [0.2, 0.25) is 0 Å². The van der Waals surface area contributed by atoms with Crippen LogP contribution in [0.25, 0.3) is 11.1 Å². The minimum atomic E-state index is -0.920. The van der Waals surface area contributed by atoms with Gasteiger partial charge in [0.1, 0.15) is 11.4 Å². The molecule has 1 heterocycles. The number of aromatic nitrogens is 1. The van der Waals surface area contributed by atoms with Crippen LogP contribution in [0.4, 0.5) is 10.2 Å². The van der Waals surface area contributed by atoms with Crippen molar-refractivity contribution in [1.29, 1.82) is 0 Å². The average Bonchev–Trinajstić information content (AvgIpc) is 2.49. The summed E-state index contributed by atoms with van der Waals surface area (Å²) < 4.78 is 12.9. The molecule has 2 rings (SSSR count).